The average Bonchev–Trinajstić information content (AvgIpc) is 2.64. The van der Waals surface area contributed by atoms with Crippen LogP contribution in [0.1, 0.15) is 78.1 Å². The Balaban J connectivity index is 2.76. The van der Waals surface area contributed by atoms with E-state index in [9.17, 15) is 14.4 Å². The van der Waals surface area contributed by atoms with Gasteiger partial charge in [0.2, 0.25) is 11.8 Å². The number of aliphatic carboxylic acids is 1. The van der Waals surface area contributed by atoms with Crippen molar-refractivity contribution >= 4 is 30.4 Å². The number of carbonyl (C=O) groups is 3. The van der Waals surface area contributed by atoms with E-state index in [4.69, 9.17) is 5.11 Å². The zero-order valence-electron chi connectivity index (χ0n) is 18.0. The fourth-order valence-corrected chi connectivity index (χ4v) is 3.98. The van der Waals surface area contributed by atoms with Crippen molar-refractivity contribution in [2.45, 2.75) is 83.3 Å². The maximum absolute atomic E-state index is 12.9. The number of amides is 2. The zero-order chi connectivity index (χ0) is 21.6. The van der Waals surface area contributed by atoms with Gasteiger partial charge >= 0.3 is 5.97 Å². The first-order valence-electron chi connectivity index (χ1n) is 11.0. The number of nitrogens with zero attached hydrogens (tertiary/aromatic N) is 1. The van der Waals surface area contributed by atoms with Gasteiger partial charge in [0, 0.05) is 18.2 Å². The van der Waals surface area contributed by atoms with Crippen molar-refractivity contribution in [3.8, 4) is 0 Å². The molecule has 1 rings (SSSR count). The van der Waals surface area contributed by atoms with Crippen LogP contribution in [0.25, 0.3) is 0 Å². The summed E-state index contributed by atoms with van der Waals surface area (Å²) in [7, 11) is 0. The number of hydrogen-bond donors (Lipinski definition) is 4. The van der Waals surface area contributed by atoms with Gasteiger partial charge in [0.25, 0.3) is 0 Å². The SMILES string of the molecule is CC(C)CC(C(=O)NN1CCCCCCNCCCCCC1=O)C(S)CC(=O)O. The number of carbonyl (C=O) groups excluding carboxylic acids is 2. The molecule has 1 saturated heterocycles. The molecule has 0 spiro atoms. The minimum Gasteiger partial charge on any atom is -0.481 e. The number of thiol groups is 1. The molecule has 1 fully saturated rings. The second-order valence-electron chi connectivity index (χ2n) is 8.40. The lowest BCUT2D eigenvalue weighted by Crippen LogP contribution is -2.50. The van der Waals surface area contributed by atoms with Crippen LogP contribution in [-0.2, 0) is 14.4 Å². The van der Waals surface area contributed by atoms with E-state index in [0.717, 1.165) is 58.0 Å². The van der Waals surface area contributed by atoms with Gasteiger partial charge in [-0.3, -0.25) is 24.8 Å². The molecule has 3 N–H and O–H groups in total. The molecule has 2 amide bonds. The van der Waals surface area contributed by atoms with Gasteiger partial charge in [0.15, 0.2) is 0 Å². The van der Waals surface area contributed by atoms with Crippen LogP contribution in [0.3, 0.4) is 0 Å². The summed E-state index contributed by atoms with van der Waals surface area (Å²) < 4.78 is 0. The summed E-state index contributed by atoms with van der Waals surface area (Å²) in [6, 6.07) is 0. The molecule has 0 aromatic rings. The molecular formula is C21H39N3O4S. The van der Waals surface area contributed by atoms with E-state index in [2.05, 4.69) is 23.4 Å². The van der Waals surface area contributed by atoms with E-state index in [1.165, 1.54) is 5.01 Å². The molecular weight excluding hydrogens is 390 g/mol. The zero-order valence-corrected chi connectivity index (χ0v) is 18.9. The van der Waals surface area contributed by atoms with Crippen LogP contribution in [-0.4, -0.2) is 52.8 Å². The minimum atomic E-state index is -0.976. The van der Waals surface area contributed by atoms with Crippen LogP contribution in [0.2, 0.25) is 0 Å². The van der Waals surface area contributed by atoms with Crippen LogP contribution in [0.5, 0.6) is 0 Å². The molecule has 0 bridgehead atoms. The highest BCUT2D eigenvalue weighted by atomic mass is 32.1. The summed E-state index contributed by atoms with van der Waals surface area (Å²) in [5, 5.41) is 13.4. The maximum atomic E-state index is 12.9. The Hall–Kier alpha value is -1.28. The van der Waals surface area contributed by atoms with E-state index in [0.29, 0.717) is 19.4 Å². The van der Waals surface area contributed by atoms with Gasteiger partial charge in [0.05, 0.1) is 12.3 Å². The highest BCUT2D eigenvalue weighted by Crippen LogP contribution is 2.23. The summed E-state index contributed by atoms with van der Waals surface area (Å²) in [4.78, 5) is 36.7. The number of carboxylic acids is 1. The highest BCUT2D eigenvalue weighted by Gasteiger charge is 2.30. The van der Waals surface area contributed by atoms with E-state index >= 15 is 0 Å². The van der Waals surface area contributed by atoms with Gasteiger partial charge in [-0.2, -0.15) is 12.6 Å². The van der Waals surface area contributed by atoms with E-state index in [1.807, 2.05) is 13.8 Å². The third-order valence-electron chi connectivity index (χ3n) is 5.19. The fourth-order valence-electron chi connectivity index (χ4n) is 3.56. The Bertz CT molecular complexity index is 516. The molecule has 0 saturated carbocycles. The predicted octanol–water partition coefficient (Wildman–Crippen LogP) is 3.01. The summed E-state index contributed by atoms with van der Waals surface area (Å²) in [5.41, 5.74) is 2.80. The van der Waals surface area contributed by atoms with Crippen molar-refractivity contribution in [1.82, 2.24) is 15.8 Å². The Morgan fingerprint density at radius 3 is 2.34 bits per heavy atom. The molecule has 8 heteroatoms. The molecule has 0 radical (unpaired) electrons. The topological polar surface area (TPSA) is 98.7 Å². The van der Waals surface area contributed by atoms with E-state index < -0.39 is 17.1 Å². The Morgan fingerprint density at radius 2 is 1.72 bits per heavy atom. The highest BCUT2D eigenvalue weighted by molar-refractivity contribution is 7.81. The summed E-state index contributed by atoms with van der Waals surface area (Å²) in [6.07, 6.45) is 7.64. The fraction of sp³-hybridized carbons (Fsp3) is 0.857. The number of carboxylic acid groups (broad SMARTS) is 1. The molecule has 7 nitrogen and oxygen atoms in total. The van der Waals surface area contributed by atoms with Crippen molar-refractivity contribution in [3.63, 3.8) is 0 Å². The largest absolute Gasteiger partial charge is 0.481 e. The standard InChI is InChI=1S/C21H39N3O4S/c1-16(2)14-17(18(29)15-20(26)27)21(28)23-24-13-9-4-3-7-11-22-12-8-5-6-10-19(24)25/h16-18,22,29H,3-15H2,1-2H3,(H,23,28)(H,26,27). The first-order valence-corrected chi connectivity index (χ1v) is 11.5. The molecule has 0 aromatic heterocycles. The summed E-state index contributed by atoms with van der Waals surface area (Å²) in [5.74, 6) is -1.69. The second kappa shape index (κ2) is 14.7. The van der Waals surface area contributed by atoms with Gasteiger partial charge in [-0.1, -0.05) is 33.1 Å². The van der Waals surface area contributed by atoms with Crippen molar-refractivity contribution in [2.24, 2.45) is 11.8 Å². The molecule has 2 atom stereocenters. The van der Waals surface area contributed by atoms with Crippen molar-refractivity contribution < 1.29 is 19.5 Å². The normalized spacial score (nSPS) is 20.0. The van der Waals surface area contributed by atoms with Crippen molar-refractivity contribution in [2.75, 3.05) is 19.6 Å². The number of hydrogen-bond acceptors (Lipinski definition) is 5. The maximum Gasteiger partial charge on any atom is 0.304 e. The van der Waals surface area contributed by atoms with Crippen LogP contribution >= 0.6 is 12.6 Å². The lowest BCUT2D eigenvalue weighted by Gasteiger charge is -2.29. The predicted molar refractivity (Wildman–Crippen MR) is 118 cm³/mol. The molecule has 1 aliphatic rings. The first kappa shape index (κ1) is 25.8. The van der Waals surface area contributed by atoms with Crippen molar-refractivity contribution in [3.05, 3.63) is 0 Å². The smallest absolute Gasteiger partial charge is 0.304 e. The van der Waals surface area contributed by atoms with Crippen molar-refractivity contribution in [1.29, 1.82) is 0 Å². The van der Waals surface area contributed by atoms with Crippen LogP contribution in [0.4, 0.5) is 0 Å². The van der Waals surface area contributed by atoms with E-state index in [-0.39, 0.29) is 24.2 Å². The van der Waals surface area contributed by atoms with E-state index in [1.54, 1.807) is 0 Å². The molecule has 1 aliphatic heterocycles. The van der Waals surface area contributed by atoms with Crippen LogP contribution < -0.4 is 10.7 Å². The molecule has 1 heterocycles. The molecule has 0 aliphatic carbocycles. The van der Waals surface area contributed by atoms with Gasteiger partial charge in [-0.05, 0) is 51.1 Å². The quantitative estimate of drug-likeness (QED) is 0.466. The number of hydrazine groups is 1. The Labute approximate surface area is 180 Å². The third-order valence-corrected chi connectivity index (χ3v) is 5.73. The first-order chi connectivity index (χ1) is 13.8. The molecule has 168 valence electrons. The van der Waals surface area contributed by atoms with Crippen LogP contribution in [0.15, 0.2) is 0 Å². The van der Waals surface area contributed by atoms with Crippen LogP contribution in [0, 0.1) is 11.8 Å². The van der Waals surface area contributed by atoms with Gasteiger partial charge in [-0.25, -0.2) is 0 Å². The Morgan fingerprint density at radius 1 is 1.10 bits per heavy atom. The molecule has 29 heavy (non-hydrogen) atoms. The minimum absolute atomic E-state index is 0.0689. The second-order valence-corrected chi connectivity index (χ2v) is 9.06. The lowest BCUT2D eigenvalue weighted by atomic mass is 9.91. The van der Waals surface area contributed by atoms with Gasteiger partial charge in [0.1, 0.15) is 0 Å². The average molecular weight is 430 g/mol. The van der Waals surface area contributed by atoms with Gasteiger partial charge in [-0.15, -0.1) is 0 Å². The summed E-state index contributed by atoms with van der Waals surface area (Å²) in [6.45, 7) is 6.48. The third kappa shape index (κ3) is 11.5. The Kier molecular flexibility index (Phi) is 13.0. The molecule has 2 unspecified atom stereocenters. The van der Waals surface area contributed by atoms with Gasteiger partial charge < -0.3 is 10.4 Å². The monoisotopic (exact) mass is 429 g/mol. The number of nitrogens with one attached hydrogen (secondary N) is 2. The number of rotatable bonds is 7. The molecule has 0 aromatic carbocycles. The lowest BCUT2D eigenvalue weighted by molar-refractivity contribution is -0.144. The summed E-state index contributed by atoms with van der Waals surface area (Å²) >= 11 is 4.39.